The van der Waals surface area contributed by atoms with Gasteiger partial charge in [0.1, 0.15) is 6.54 Å². The number of rotatable bonds is 4. The van der Waals surface area contributed by atoms with Crippen molar-refractivity contribution in [3.8, 4) is 0 Å². The van der Waals surface area contributed by atoms with Crippen LogP contribution >= 0.6 is 0 Å². The van der Waals surface area contributed by atoms with Crippen molar-refractivity contribution in [1.29, 1.82) is 0 Å². The first-order valence-corrected chi connectivity index (χ1v) is 8.23. The quantitative estimate of drug-likeness (QED) is 0.636. The van der Waals surface area contributed by atoms with Crippen molar-refractivity contribution in [2.75, 3.05) is 0 Å². The number of carbonyl (C=O) groups is 1. The van der Waals surface area contributed by atoms with E-state index in [2.05, 4.69) is 0 Å². The number of aromatic nitrogens is 3. The third-order valence-corrected chi connectivity index (χ3v) is 4.43. The molecule has 24 heavy (non-hydrogen) atoms. The first-order valence-electron chi connectivity index (χ1n) is 8.23. The van der Waals surface area contributed by atoms with Gasteiger partial charge in [0.25, 0.3) is 0 Å². The van der Waals surface area contributed by atoms with E-state index in [-0.39, 0.29) is 24.1 Å². The van der Waals surface area contributed by atoms with Crippen LogP contribution in [0.1, 0.15) is 42.1 Å². The summed E-state index contributed by atoms with van der Waals surface area (Å²) in [6.45, 7) is -0.136. The Kier molecular flexibility index (Phi) is 4.64. The van der Waals surface area contributed by atoms with Gasteiger partial charge in [0.2, 0.25) is 0 Å². The molecule has 6 heteroatoms. The fraction of sp³-hybridized carbons (Fsp3) is 0.389. The number of benzene rings is 1. The van der Waals surface area contributed by atoms with Gasteiger partial charge in [-0.05, 0) is 19.3 Å². The standard InChI is InChI=1S/C18H21N3O3/c1-19-17(23)20(13-16(22)14-9-5-4-6-10-14)21(18(19)24)15-11-7-2-3-8-12-15/h4-7,9-11,15H,2-3,8,12-13H2,1H3. The predicted molar refractivity (Wildman–Crippen MR) is 91.4 cm³/mol. The molecule has 126 valence electrons. The Morgan fingerprint density at radius 2 is 1.88 bits per heavy atom. The molecule has 2 aromatic rings. The molecule has 0 fully saturated rings. The minimum absolute atomic E-state index is 0.136. The minimum Gasteiger partial charge on any atom is -0.292 e. The van der Waals surface area contributed by atoms with Crippen molar-refractivity contribution < 1.29 is 4.79 Å². The Morgan fingerprint density at radius 3 is 2.62 bits per heavy atom. The van der Waals surface area contributed by atoms with E-state index in [1.54, 1.807) is 24.3 Å². The molecule has 1 aliphatic carbocycles. The maximum Gasteiger partial charge on any atom is 0.347 e. The smallest absolute Gasteiger partial charge is 0.292 e. The van der Waals surface area contributed by atoms with Crippen LogP contribution in [0.25, 0.3) is 0 Å². The summed E-state index contributed by atoms with van der Waals surface area (Å²) in [4.78, 5) is 37.4. The topological polar surface area (TPSA) is 66.0 Å². The highest BCUT2D eigenvalue weighted by Gasteiger charge is 2.22. The molecule has 3 rings (SSSR count). The zero-order valence-corrected chi connectivity index (χ0v) is 13.7. The second kappa shape index (κ2) is 6.86. The van der Waals surface area contributed by atoms with Crippen LogP contribution in [-0.4, -0.2) is 19.7 Å². The largest absolute Gasteiger partial charge is 0.347 e. The van der Waals surface area contributed by atoms with Gasteiger partial charge in [0, 0.05) is 12.6 Å². The van der Waals surface area contributed by atoms with Gasteiger partial charge in [-0.1, -0.05) is 48.9 Å². The van der Waals surface area contributed by atoms with Gasteiger partial charge in [-0.25, -0.2) is 23.5 Å². The molecular weight excluding hydrogens is 306 g/mol. The first kappa shape index (κ1) is 16.2. The van der Waals surface area contributed by atoms with Crippen molar-refractivity contribution in [1.82, 2.24) is 13.9 Å². The van der Waals surface area contributed by atoms with Crippen LogP contribution in [0.15, 0.2) is 52.1 Å². The summed E-state index contributed by atoms with van der Waals surface area (Å²) in [5, 5.41) is 0. The lowest BCUT2D eigenvalue weighted by molar-refractivity contribution is 0.0957. The average molecular weight is 327 g/mol. The molecule has 1 aromatic carbocycles. The summed E-state index contributed by atoms with van der Waals surface area (Å²) in [6.07, 6.45) is 7.84. The van der Waals surface area contributed by atoms with Gasteiger partial charge in [-0.15, -0.1) is 0 Å². The van der Waals surface area contributed by atoms with E-state index in [4.69, 9.17) is 0 Å². The van der Waals surface area contributed by atoms with Gasteiger partial charge in [0.15, 0.2) is 5.78 Å². The molecule has 0 amide bonds. The van der Waals surface area contributed by atoms with Crippen LogP contribution in [0.2, 0.25) is 0 Å². The molecule has 1 unspecified atom stereocenters. The number of carbonyl (C=O) groups excluding carboxylic acids is 1. The lowest BCUT2D eigenvalue weighted by Crippen LogP contribution is -2.32. The SMILES string of the molecule is Cn1c(=O)n(CC(=O)c2ccccc2)n(C2C=CCCCC2)c1=O. The second-order valence-corrected chi connectivity index (χ2v) is 6.10. The lowest BCUT2D eigenvalue weighted by Gasteiger charge is -2.16. The average Bonchev–Trinajstić information content (AvgIpc) is 2.82. The number of nitrogens with zero attached hydrogens (tertiary/aromatic N) is 3. The van der Waals surface area contributed by atoms with E-state index in [0.29, 0.717) is 5.56 Å². The molecule has 0 aliphatic heterocycles. The maximum absolute atomic E-state index is 12.5. The van der Waals surface area contributed by atoms with Crippen molar-refractivity contribution in [3.63, 3.8) is 0 Å². The van der Waals surface area contributed by atoms with E-state index in [9.17, 15) is 14.4 Å². The van der Waals surface area contributed by atoms with Crippen molar-refractivity contribution in [2.45, 2.75) is 38.3 Å². The molecule has 6 nitrogen and oxygen atoms in total. The first-order chi connectivity index (χ1) is 11.6. The Labute approximate surface area is 139 Å². The molecule has 1 atom stereocenters. The summed E-state index contributed by atoms with van der Waals surface area (Å²) in [5.74, 6) is -0.186. The number of ketones is 1. The van der Waals surface area contributed by atoms with Crippen molar-refractivity contribution in [2.24, 2.45) is 7.05 Å². The van der Waals surface area contributed by atoms with Gasteiger partial charge in [-0.3, -0.25) is 4.79 Å². The summed E-state index contributed by atoms with van der Waals surface area (Å²) in [5.41, 5.74) is -0.303. The molecule has 0 bridgehead atoms. The fourth-order valence-electron chi connectivity index (χ4n) is 3.09. The fourth-order valence-corrected chi connectivity index (χ4v) is 3.09. The van der Waals surface area contributed by atoms with E-state index in [1.807, 2.05) is 18.2 Å². The van der Waals surface area contributed by atoms with E-state index < -0.39 is 5.69 Å². The van der Waals surface area contributed by atoms with Crippen LogP contribution in [0.4, 0.5) is 0 Å². The number of Topliss-reactive ketones (excluding diaryl/α,β-unsaturated/α-hetero) is 1. The predicted octanol–water partition coefficient (Wildman–Crippen LogP) is 1.90. The third kappa shape index (κ3) is 3.04. The normalized spacial score (nSPS) is 17.6. The van der Waals surface area contributed by atoms with Crippen molar-refractivity contribution >= 4 is 5.78 Å². The molecule has 0 saturated heterocycles. The van der Waals surface area contributed by atoms with Gasteiger partial charge in [0.05, 0.1) is 6.04 Å². The second-order valence-electron chi connectivity index (χ2n) is 6.10. The van der Waals surface area contributed by atoms with Gasteiger partial charge in [-0.2, -0.15) is 0 Å². The molecule has 0 saturated carbocycles. The van der Waals surface area contributed by atoms with Gasteiger partial charge < -0.3 is 0 Å². The lowest BCUT2D eigenvalue weighted by atomic mass is 10.1. The summed E-state index contributed by atoms with van der Waals surface area (Å²) in [7, 11) is 1.45. The molecule has 1 heterocycles. The molecule has 1 aromatic heterocycles. The third-order valence-electron chi connectivity index (χ3n) is 4.43. The van der Waals surface area contributed by atoms with Crippen LogP contribution in [0, 0.1) is 0 Å². The highest BCUT2D eigenvalue weighted by atomic mass is 16.2. The zero-order chi connectivity index (χ0) is 17.1. The Hall–Kier alpha value is -2.63. The van der Waals surface area contributed by atoms with Gasteiger partial charge >= 0.3 is 11.4 Å². The molecule has 0 spiro atoms. The Bertz CT molecular complexity index is 871. The minimum atomic E-state index is -0.457. The summed E-state index contributed by atoms with van der Waals surface area (Å²) in [6, 6.07) is 8.63. The molecule has 0 N–H and O–H groups in total. The van der Waals surface area contributed by atoms with Crippen LogP contribution in [0.5, 0.6) is 0 Å². The highest BCUT2D eigenvalue weighted by Crippen LogP contribution is 2.20. The number of hydrogen-bond donors (Lipinski definition) is 0. The molecular formula is C18H21N3O3. The van der Waals surface area contributed by atoms with Crippen LogP contribution in [-0.2, 0) is 13.6 Å². The Balaban J connectivity index is 2.01. The van der Waals surface area contributed by atoms with E-state index in [0.717, 1.165) is 30.3 Å². The maximum atomic E-state index is 12.5. The molecule has 0 radical (unpaired) electrons. The number of hydrogen-bond acceptors (Lipinski definition) is 3. The van der Waals surface area contributed by atoms with E-state index in [1.165, 1.54) is 16.4 Å². The zero-order valence-electron chi connectivity index (χ0n) is 13.7. The monoisotopic (exact) mass is 327 g/mol. The van der Waals surface area contributed by atoms with E-state index >= 15 is 0 Å². The van der Waals surface area contributed by atoms with Crippen LogP contribution < -0.4 is 11.4 Å². The molecule has 1 aliphatic rings. The van der Waals surface area contributed by atoms with Crippen molar-refractivity contribution in [3.05, 3.63) is 69.0 Å². The highest BCUT2D eigenvalue weighted by molar-refractivity contribution is 5.95. The Morgan fingerprint density at radius 1 is 1.12 bits per heavy atom. The summed E-state index contributed by atoms with van der Waals surface area (Å²) < 4.78 is 3.78. The number of allylic oxidation sites excluding steroid dienone is 2. The summed E-state index contributed by atoms with van der Waals surface area (Å²) >= 11 is 0. The van der Waals surface area contributed by atoms with Crippen LogP contribution in [0.3, 0.4) is 0 Å².